The summed E-state index contributed by atoms with van der Waals surface area (Å²) in [5.41, 5.74) is 0. The van der Waals surface area contributed by atoms with E-state index in [4.69, 9.17) is 4.74 Å². The topological polar surface area (TPSA) is 48.9 Å². The van der Waals surface area contributed by atoms with E-state index in [9.17, 15) is 0 Å². The van der Waals surface area contributed by atoms with E-state index < -0.39 is 0 Å². The lowest BCUT2D eigenvalue weighted by Crippen LogP contribution is -2.36. The van der Waals surface area contributed by atoms with Gasteiger partial charge in [0.05, 0.1) is 19.8 Å². The Kier molecular flexibility index (Phi) is 5.32. The van der Waals surface area contributed by atoms with Crippen molar-refractivity contribution in [3.05, 3.63) is 0 Å². The van der Waals surface area contributed by atoms with Crippen LogP contribution in [0.4, 0.5) is 0 Å². The molecule has 82 valence electrons. The van der Waals surface area contributed by atoms with Gasteiger partial charge in [0, 0.05) is 19.6 Å². The Hall–Kier alpha value is -0.810. The first kappa shape index (κ1) is 11.3. The molecule has 5 heteroatoms. The summed E-state index contributed by atoms with van der Waals surface area (Å²) in [6, 6.07) is 0. The molecule has 0 spiro atoms. The number of nitrogens with zero attached hydrogens (tertiary/aromatic N) is 2. The highest BCUT2D eigenvalue weighted by molar-refractivity contribution is 5.81. The first-order valence-corrected chi connectivity index (χ1v) is 5.03. The molecular weight excluding hydrogens is 180 g/mol. The van der Waals surface area contributed by atoms with Crippen molar-refractivity contribution in [1.82, 2.24) is 15.5 Å². The molecule has 1 heterocycles. The number of nitrogens with one attached hydrogen (secondary N) is 2. The van der Waals surface area contributed by atoms with Crippen LogP contribution in [0.1, 0.15) is 0 Å². The Bertz CT molecular complexity index is 182. The normalized spacial score (nSPS) is 15.5. The third-order valence-electron chi connectivity index (χ3n) is 1.90. The zero-order chi connectivity index (χ0) is 10.2. The lowest BCUT2D eigenvalue weighted by Gasteiger charge is -2.10. The molecule has 0 saturated carbocycles. The number of hydrogen-bond acceptors (Lipinski definition) is 5. The molecule has 1 aliphatic rings. The number of ether oxygens (including phenoxy) is 1. The van der Waals surface area contributed by atoms with Gasteiger partial charge in [-0.1, -0.05) is 0 Å². The molecule has 14 heavy (non-hydrogen) atoms. The Morgan fingerprint density at radius 3 is 3.00 bits per heavy atom. The summed E-state index contributed by atoms with van der Waals surface area (Å²) in [6.45, 7) is 5.13. The molecule has 0 aromatic rings. The molecule has 0 bridgehead atoms. The van der Waals surface area contributed by atoms with Crippen molar-refractivity contribution in [3.8, 4) is 0 Å². The van der Waals surface area contributed by atoms with Crippen molar-refractivity contribution in [2.24, 2.45) is 4.99 Å². The summed E-state index contributed by atoms with van der Waals surface area (Å²) >= 11 is 0. The molecule has 0 aliphatic carbocycles. The average Bonchev–Trinajstić information content (AvgIpc) is 2.63. The second kappa shape index (κ2) is 6.62. The van der Waals surface area contributed by atoms with Gasteiger partial charge in [0.15, 0.2) is 5.96 Å². The van der Waals surface area contributed by atoms with Crippen LogP contribution in [0, 0.1) is 0 Å². The van der Waals surface area contributed by atoms with Crippen molar-refractivity contribution in [3.63, 3.8) is 0 Å². The number of guanidine groups is 1. The van der Waals surface area contributed by atoms with E-state index in [0.29, 0.717) is 0 Å². The van der Waals surface area contributed by atoms with Crippen LogP contribution in [0.5, 0.6) is 0 Å². The van der Waals surface area contributed by atoms with Crippen molar-refractivity contribution >= 4 is 5.96 Å². The molecule has 5 nitrogen and oxygen atoms in total. The van der Waals surface area contributed by atoms with Gasteiger partial charge in [-0.3, -0.25) is 4.99 Å². The van der Waals surface area contributed by atoms with Gasteiger partial charge in [0.25, 0.3) is 0 Å². The first-order valence-electron chi connectivity index (χ1n) is 5.03. The molecule has 0 amide bonds. The van der Waals surface area contributed by atoms with Crippen LogP contribution in [-0.4, -0.2) is 64.3 Å². The molecule has 0 aromatic carbocycles. The van der Waals surface area contributed by atoms with E-state index in [2.05, 4.69) is 20.5 Å². The number of aliphatic imine (C=N–C) groups is 1. The van der Waals surface area contributed by atoms with Gasteiger partial charge in [-0.05, 0) is 14.1 Å². The van der Waals surface area contributed by atoms with Crippen LogP contribution in [0.15, 0.2) is 4.99 Å². The third kappa shape index (κ3) is 5.04. The minimum Gasteiger partial charge on any atom is -0.378 e. The van der Waals surface area contributed by atoms with Gasteiger partial charge in [0.2, 0.25) is 0 Å². The molecule has 0 fully saturated rings. The Morgan fingerprint density at radius 1 is 1.50 bits per heavy atom. The van der Waals surface area contributed by atoms with Crippen molar-refractivity contribution in [2.45, 2.75) is 0 Å². The Balaban J connectivity index is 1.84. The minimum atomic E-state index is 0.731. The minimum absolute atomic E-state index is 0.731. The number of rotatable bonds is 6. The standard InChI is InChI=1S/C9H20N4O/c1-13(2)6-8-14-7-5-12-9-10-3-4-11-9/h3-8H2,1-2H3,(H2,10,11,12). The van der Waals surface area contributed by atoms with E-state index >= 15 is 0 Å². The van der Waals surface area contributed by atoms with Crippen LogP contribution in [0.3, 0.4) is 0 Å². The van der Waals surface area contributed by atoms with E-state index in [1.165, 1.54) is 0 Å². The average molecular weight is 200 g/mol. The van der Waals surface area contributed by atoms with Crippen molar-refractivity contribution in [1.29, 1.82) is 0 Å². The highest BCUT2D eigenvalue weighted by atomic mass is 16.5. The van der Waals surface area contributed by atoms with Gasteiger partial charge in [-0.25, -0.2) is 0 Å². The predicted molar refractivity (Wildman–Crippen MR) is 57.7 cm³/mol. The second-order valence-electron chi connectivity index (χ2n) is 3.50. The van der Waals surface area contributed by atoms with Crippen LogP contribution < -0.4 is 10.6 Å². The number of hydrogen-bond donors (Lipinski definition) is 2. The smallest absolute Gasteiger partial charge is 0.191 e. The maximum atomic E-state index is 5.42. The molecule has 0 atom stereocenters. The summed E-state index contributed by atoms with van der Waals surface area (Å²) in [4.78, 5) is 6.32. The van der Waals surface area contributed by atoms with E-state index in [0.717, 1.165) is 45.4 Å². The highest BCUT2D eigenvalue weighted by Gasteiger charge is 2.02. The molecule has 1 aliphatic heterocycles. The lowest BCUT2D eigenvalue weighted by atomic mass is 10.6. The predicted octanol–water partition coefficient (Wildman–Crippen LogP) is -0.887. The summed E-state index contributed by atoms with van der Waals surface area (Å²) in [7, 11) is 4.08. The van der Waals surface area contributed by atoms with Crippen LogP contribution in [0.2, 0.25) is 0 Å². The first-order chi connectivity index (χ1) is 6.79. The summed E-state index contributed by atoms with van der Waals surface area (Å²) in [5, 5.41) is 6.31. The molecule has 1 rings (SSSR count). The maximum absolute atomic E-state index is 5.42. The van der Waals surface area contributed by atoms with E-state index in [-0.39, 0.29) is 0 Å². The quantitative estimate of drug-likeness (QED) is 0.546. The summed E-state index contributed by atoms with van der Waals surface area (Å²) in [5.74, 6) is 0.904. The van der Waals surface area contributed by atoms with Gasteiger partial charge in [-0.15, -0.1) is 0 Å². The molecule has 0 aromatic heterocycles. The Morgan fingerprint density at radius 2 is 2.36 bits per heavy atom. The van der Waals surface area contributed by atoms with Gasteiger partial charge in [-0.2, -0.15) is 0 Å². The molecular formula is C9H20N4O. The monoisotopic (exact) mass is 200 g/mol. The van der Waals surface area contributed by atoms with E-state index in [1.807, 2.05) is 14.1 Å². The zero-order valence-corrected chi connectivity index (χ0v) is 9.05. The SMILES string of the molecule is CN(C)CCOCCNC1=NCCN1. The number of likely N-dealkylation sites (N-methyl/N-ethyl adjacent to an activating group) is 1. The zero-order valence-electron chi connectivity index (χ0n) is 9.05. The molecule has 2 N–H and O–H groups in total. The van der Waals surface area contributed by atoms with Crippen LogP contribution in [0.25, 0.3) is 0 Å². The van der Waals surface area contributed by atoms with Gasteiger partial charge in [0.1, 0.15) is 0 Å². The molecule has 0 unspecified atom stereocenters. The largest absolute Gasteiger partial charge is 0.378 e. The van der Waals surface area contributed by atoms with Crippen molar-refractivity contribution in [2.75, 3.05) is 53.5 Å². The highest BCUT2D eigenvalue weighted by Crippen LogP contribution is 1.81. The fraction of sp³-hybridized carbons (Fsp3) is 0.889. The third-order valence-corrected chi connectivity index (χ3v) is 1.90. The van der Waals surface area contributed by atoms with E-state index in [1.54, 1.807) is 0 Å². The van der Waals surface area contributed by atoms with Crippen LogP contribution in [-0.2, 0) is 4.74 Å². The van der Waals surface area contributed by atoms with Crippen molar-refractivity contribution < 1.29 is 4.74 Å². The van der Waals surface area contributed by atoms with Gasteiger partial charge < -0.3 is 20.3 Å². The summed E-state index contributed by atoms with van der Waals surface area (Å²) in [6.07, 6.45) is 0. The van der Waals surface area contributed by atoms with Gasteiger partial charge >= 0.3 is 0 Å². The lowest BCUT2D eigenvalue weighted by molar-refractivity contribution is 0.122. The molecule has 0 radical (unpaired) electrons. The fourth-order valence-corrected chi connectivity index (χ4v) is 1.11. The molecule has 0 saturated heterocycles. The fourth-order valence-electron chi connectivity index (χ4n) is 1.11. The Labute approximate surface area is 85.5 Å². The van der Waals surface area contributed by atoms with Crippen LogP contribution >= 0.6 is 0 Å². The second-order valence-corrected chi connectivity index (χ2v) is 3.50. The maximum Gasteiger partial charge on any atom is 0.191 e. The summed E-state index contributed by atoms with van der Waals surface area (Å²) < 4.78 is 5.42.